The molecule has 4 nitrogen and oxygen atoms in total. The quantitative estimate of drug-likeness (QED) is 0.338. The van der Waals surface area contributed by atoms with Crippen molar-refractivity contribution in [2.75, 3.05) is 0 Å². The van der Waals surface area contributed by atoms with E-state index in [-0.39, 0.29) is 5.57 Å². The van der Waals surface area contributed by atoms with Crippen molar-refractivity contribution in [1.82, 2.24) is 0 Å². The third-order valence-corrected chi connectivity index (χ3v) is 3.68. The Kier molecular flexibility index (Phi) is 4.00. The van der Waals surface area contributed by atoms with Gasteiger partial charge in [-0.25, -0.2) is 4.79 Å². The number of fused-ring (bicyclic) bond motifs is 1. The van der Waals surface area contributed by atoms with Gasteiger partial charge in [-0.3, -0.25) is 4.79 Å². The van der Waals surface area contributed by atoms with E-state index >= 15 is 0 Å². The second-order valence-electron chi connectivity index (χ2n) is 5.14. The maximum Gasteiger partial charge on any atom is 0.334 e. The Bertz CT molecular complexity index is 473. The highest BCUT2D eigenvalue weighted by Crippen LogP contribution is 2.34. The van der Waals surface area contributed by atoms with Crippen LogP contribution in [0.15, 0.2) is 35.5 Å². The molecule has 1 aliphatic carbocycles. The molecule has 2 rings (SSSR count). The van der Waals surface area contributed by atoms with E-state index in [1.54, 1.807) is 6.08 Å². The lowest BCUT2D eigenvalue weighted by molar-refractivity contribution is -0.139. The maximum atomic E-state index is 11.6. The zero-order valence-electron chi connectivity index (χ0n) is 11.0. The predicted octanol–water partition coefficient (Wildman–Crippen LogP) is 1.70. The lowest BCUT2D eigenvalue weighted by Gasteiger charge is -2.22. The second kappa shape index (κ2) is 5.53. The Morgan fingerprint density at radius 3 is 2.95 bits per heavy atom. The minimum Gasteiger partial charge on any atom is -0.458 e. The molecule has 102 valence electrons. The summed E-state index contributed by atoms with van der Waals surface area (Å²) in [7, 11) is 0. The Hall–Kier alpha value is -1.68. The van der Waals surface area contributed by atoms with Crippen molar-refractivity contribution in [2.45, 2.75) is 38.4 Å². The Morgan fingerprint density at radius 2 is 2.26 bits per heavy atom. The van der Waals surface area contributed by atoms with Crippen molar-refractivity contribution in [3.8, 4) is 0 Å². The molecule has 0 radical (unpaired) electrons. The molecule has 4 heteroatoms. The molecule has 3 atom stereocenters. The van der Waals surface area contributed by atoms with Crippen molar-refractivity contribution in [1.29, 1.82) is 0 Å². The Morgan fingerprint density at radius 1 is 1.53 bits per heavy atom. The van der Waals surface area contributed by atoms with E-state index in [0.29, 0.717) is 12.0 Å². The van der Waals surface area contributed by atoms with Crippen molar-refractivity contribution in [3.05, 3.63) is 35.5 Å². The van der Waals surface area contributed by atoms with Gasteiger partial charge in [0.15, 0.2) is 0 Å². The number of aliphatic hydroxyl groups excluding tert-OH is 1. The van der Waals surface area contributed by atoms with Gasteiger partial charge in [0.1, 0.15) is 12.4 Å². The molecule has 19 heavy (non-hydrogen) atoms. The van der Waals surface area contributed by atoms with Gasteiger partial charge in [0.2, 0.25) is 0 Å². The average Bonchev–Trinajstić information content (AvgIpc) is 2.63. The molecule has 0 aromatic rings. The summed E-state index contributed by atoms with van der Waals surface area (Å²) in [6.45, 7) is 5.63. The molecule has 2 aliphatic rings. The summed E-state index contributed by atoms with van der Waals surface area (Å²) in [6, 6.07) is 0. The fraction of sp³-hybridized carbons (Fsp3) is 0.467. The first-order valence-corrected chi connectivity index (χ1v) is 6.42. The SMILES string of the molecule is C=C1C(=O)OC2C/C(C=O)=C/CC/C(C)=C\C(O)C12. The van der Waals surface area contributed by atoms with Gasteiger partial charge < -0.3 is 9.84 Å². The molecule has 0 bridgehead atoms. The topological polar surface area (TPSA) is 63.6 Å². The zero-order valence-corrected chi connectivity index (χ0v) is 11.0. The van der Waals surface area contributed by atoms with Crippen LogP contribution in [0.4, 0.5) is 0 Å². The lowest BCUT2D eigenvalue weighted by atomic mass is 9.86. The third-order valence-electron chi connectivity index (χ3n) is 3.68. The van der Waals surface area contributed by atoms with E-state index in [2.05, 4.69) is 6.58 Å². The lowest BCUT2D eigenvalue weighted by Crippen LogP contribution is -2.29. The van der Waals surface area contributed by atoms with Crippen LogP contribution in [0.5, 0.6) is 0 Å². The standard InChI is InChI=1S/C15H18O4/c1-9-4-3-5-11(8-16)7-13-14(12(17)6-9)10(2)15(18)19-13/h5-6,8,12-14,17H,2-4,7H2,1H3/b9-6-,11-5-. The molecule has 3 unspecified atom stereocenters. The summed E-state index contributed by atoms with van der Waals surface area (Å²) in [5, 5.41) is 10.2. The largest absolute Gasteiger partial charge is 0.458 e. The number of hydrogen-bond donors (Lipinski definition) is 1. The molecule has 0 saturated carbocycles. The minimum absolute atomic E-state index is 0.285. The number of rotatable bonds is 1. The first-order chi connectivity index (χ1) is 9.02. The van der Waals surface area contributed by atoms with E-state index in [9.17, 15) is 14.7 Å². The smallest absolute Gasteiger partial charge is 0.334 e. The van der Waals surface area contributed by atoms with Crippen molar-refractivity contribution < 1.29 is 19.4 Å². The molecule has 1 N–H and O–H groups in total. The number of aliphatic hydroxyl groups is 1. The van der Waals surface area contributed by atoms with Crippen LogP contribution < -0.4 is 0 Å². The number of ether oxygens (including phenoxy) is 1. The van der Waals surface area contributed by atoms with Gasteiger partial charge in [-0.1, -0.05) is 24.3 Å². The second-order valence-corrected chi connectivity index (χ2v) is 5.14. The first-order valence-electron chi connectivity index (χ1n) is 6.42. The molecular weight excluding hydrogens is 244 g/mol. The van der Waals surface area contributed by atoms with Gasteiger partial charge in [-0.15, -0.1) is 0 Å². The van der Waals surface area contributed by atoms with Crippen LogP contribution in [0.3, 0.4) is 0 Å². The van der Waals surface area contributed by atoms with Gasteiger partial charge in [-0.2, -0.15) is 0 Å². The molecule has 0 spiro atoms. The monoisotopic (exact) mass is 262 g/mol. The van der Waals surface area contributed by atoms with Crippen molar-refractivity contribution >= 4 is 12.3 Å². The average molecular weight is 262 g/mol. The van der Waals surface area contributed by atoms with Crippen LogP contribution in [0, 0.1) is 5.92 Å². The number of aldehydes is 1. The zero-order chi connectivity index (χ0) is 14.0. The molecule has 1 aliphatic heterocycles. The van der Waals surface area contributed by atoms with Gasteiger partial charge in [0, 0.05) is 12.0 Å². The number of esters is 1. The highest BCUT2D eigenvalue weighted by molar-refractivity contribution is 5.91. The van der Waals surface area contributed by atoms with Gasteiger partial charge in [-0.05, 0) is 25.3 Å². The van der Waals surface area contributed by atoms with Crippen LogP contribution in [0.1, 0.15) is 26.2 Å². The fourth-order valence-electron chi connectivity index (χ4n) is 2.62. The van der Waals surface area contributed by atoms with Crippen LogP contribution >= 0.6 is 0 Å². The van der Waals surface area contributed by atoms with E-state index in [1.807, 2.05) is 13.0 Å². The number of carbonyl (C=O) groups is 2. The number of hydrogen-bond acceptors (Lipinski definition) is 4. The number of carbonyl (C=O) groups excluding carboxylic acids is 2. The van der Waals surface area contributed by atoms with Crippen LogP contribution in [-0.2, 0) is 14.3 Å². The maximum absolute atomic E-state index is 11.6. The Labute approximate surface area is 112 Å². The normalized spacial score (nSPS) is 37.5. The highest BCUT2D eigenvalue weighted by Gasteiger charge is 2.42. The van der Waals surface area contributed by atoms with Gasteiger partial charge in [0.05, 0.1) is 12.0 Å². The molecule has 1 fully saturated rings. The van der Waals surface area contributed by atoms with E-state index < -0.39 is 24.1 Å². The predicted molar refractivity (Wildman–Crippen MR) is 70.3 cm³/mol. The summed E-state index contributed by atoms with van der Waals surface area (Å²) in [5.41, 5.74) is 1.92. The summed E-state index contributed by atoms with van der Waals surface area (Å²) in [6.07, 6.45) is 4.98. The summed E-state index contributed by atoms with van der Waals surface area (Å²) < 4.78 is 5.22. The molecule has 0 aromatic heterocycles. The molecule has 0 amide bonds. The summed E-state index contributed by atoms with van der Waals surface area (Å²) in [5.74, 6) is -0.950. The van der Waals surface area contributed by atoms with Crippen molar-refractivity contribution in [3.63, 3.8) is 0 Å². The number of allylic oxidation sites excluding steroid dienone is 2. The fourth-order valence-corrected chi connectivity index (χ4v) is 2.62. The van der Waals surface area contributed by atoms with E-state index in [0.717, 1.165) is 24.7 Å². The summed E-state index contributed by atoms with van der Waals surface area (Å²) in [4.78, 5) is 22.6. The first kappa shape index (κ1) is 13.7. The van der Waals surface area contributed by atoms with Crippen LogP contribution in [0.25, 0.3) is 0 Å². The van der Waals surface area contributed by atoms with E-state index in [4.69, 9.17) is 4.74 Å². The van der Waals surface area contributed by atoms with Crippen LogP contribution in [-0.4, -0.2) is 29.6 Å². The van der Waals surface area contributed by atoms with E-state index in [1.165, 1.54) is 0 Å². The minimum atomic E-state index is -0.796. The summed E-state index contributed by atoms with van der Waals surface area (Å²) >= 11 is 0. The highest BCUT2D eigenvalue weighted by atomic mass is 16.6. The van der Waals surface area contributed by atoms with Crippen molar-refractivity contribution in [2.24, 2.45) is 5.92 Å². The molecular formula is C15H18O4. The molecule has 0 aromatic carbocycles. The van der Waals surface area contributed by atoms with Gasteiger partial charge >= 0.3 is 5.97 Å². The Balaban J connectivity index is 2.35. The van der Waals surface area contributed by atoms with Gasteiger partial charge in [0.25, 0.3) is 0 Å². The van der Waals surface area contributed by atoms with Crippen LogP contribution in [0.2, 0.25) is 0 Å². The molecule has 1 heterocycles. The molecule has 1 saturated heterocycles. The third kappa shape index (κ3) is 2.84.